The summed E-state index contributed by atoms with van der Waals surface area (Å²) in [6, 6.07) is 7.76. The Morgan fingerprint density at radius 1 is 0.514 bits per heavy atom. The second-order valence-electron chi connectivity index (χ2n) is 24.5. The smallest absolute Gasteiger partial charge is 0.338 e. The lowest BCUT2D eigenvalue weighted by Crippen LogP contribution is -2.63. The van der Waals surface area contributed by atoms with Crippen LogP contribution in [0.1, 0.15) is 77.0 Å². The van der Waals surface area contributed by atoms with E-state index in [4.69, 9.17) is 42.1 Å². The van der Waals surface area contributed by atoms with Gasteiger partial charge in [0.2, 0.25) is 0 Å². The molecule has 0 spiro atoms. The summed E-state index contributed by atoms with van der Waals surface area (Å²) in [5.41, 5.74) is 1.10. The van der Waals surface area contributed by atoms with Crippen molar-refractivity contribution in [3.63, 3.8) is 0 Å². The van der Waals surface area contributed by atoms with Crippen LogP contribution in [0.2, 0.25) is 10.0 Å². The molecule has 3 fully saturated rings. The van der Waals surface area contributed by atoms with Gasteiger partial charge < -0.3 is 45.1 Å². The highest BCUT2D eigenvalue weighted by Crippen LogP contribution is 2.44. The van der Waals surface area contributed by atoms with Gasteiger partial charge in [-0.1, -0.05) is 57.3 Å². The number of carbonyl (C=O) groups is 3. The average Bonchev–Trinajstić information content (AvgIpc) is 1.30. The Morgan fingerprint density at radius 2 is 0.832 bits per heavy atom. The fourth-order valence-electron chi connectivity index (χ4n) is 12.3. The molecule has 12 rings (SSSR count). The van der Waals surface area contributed by atoms with Gasteiger partial charge in [-0.3, -0.25) is 29.7 Å². The summed E-state index contributed by atoms with van der Waals surface area (Å²) in [6.07, 6.45) is -2.72. The zero-order valence-electron chi connectivity index (χ0n) is 56.4. The first kappa shape index (κ1) is 82.0. The number of hydrogen-bond acceptors (Lipinski definition) is 24. The number of aromatic nitrogens is 3. The van der Waals surface area contributed by atoms with Gasteiger partial charge in [-0.15, -0.1) is 34.0 Å². The molecule has 3 aromatic heterocycles. The second kappa shape index (κ2) is 34.2. The first-order chi connectivity index (χ1) is 50.6. The van der Waals surface area contributed by atoms with E-state index in [2.05, 4.69) is 61.8 Å². The molecule has 3 saturated heterocycles. The van der Waals surface area contributed by atoms with Crippen LogP contribution in [0, 0.1) is 17.5 Å². The fourth-order valence-corrected chi connectivity index (χ4v) is 15.2. The van der Waals surface area contributed by atoms with Gasteiger partial charge in [0, 0.05) is 111 Å². The molecule has 6 aromatic rings. The number of alkyl halides is 10. The molecule has 9 heterocycles. The second-order valence-corrected chi connectivity index (χ2v) is 28.8. The van der Waals surface area contributed by atoms with Gasteiger partial charge in [-0.05, 0) is 69.2 Å². The van der Waals surface area contributed by atoms with Crippen LogP contribution in [0.25, 0.3) is 0 Å². The maximum atomic E-state index is 14.6. The monoisotopic (exact) mass is 1670 g/mol. The molecule has 6 aliphatic rings. The number of amidine groups is 3. The maximum Gasteiger partial charge on any atom is 0.338 e. The highest BCUT2D eigenvalue weighted by Gasteiger charge is 2.61. The highest BCUT2D eigenvalue weighted by molar-refractivity contribution is 9.10. The predicted molar refractivity (Wildman–Crippen MR) is 373 cm³/mol. The molecule has 6 aliphatic heterocycles. The Labute approximate surface area is 632 Å². The molecular weight excluding hydrogens is 1610 g/mol. The lowest BCUT2D eigenvalue weighted by molar-refractivity contribution is -0.252. The van der Waals surface area contributed by atoms with Crippen molar-refractivity contribution in [1.82, 2.24) is 45.6 Å². The van der Waals surface area contributed by atoms with Crippen LogP contribution in [-0.2, 0) is 33.3 Å². The van der Waals surface area contributed by atoms with E-state index < -0.39 is 147 Å². The van der Waals surface area contributed by atoms with Crippen LogP contribution in [-0.4, -0.2) is 209 Å². The summed E-state index contributed by atoms with van der Waals surface area (Å²) in [6.45, 7) is -1.21. The number of rotatable bonds is 19. The Balaban J connectivity index is 0.000000172. The third-order valence-corrected chi connectivity index (χ3v) is 20.6. The Morgan fingerprint density at radius 3 is 1.13 bits per heavy atom. The summed E-state index contributed by atoms with van der Waals surface area (Å²) in [5, 5.41) is 34.1. The quantitative estimate of drug-likeness (QED) is 0.0287. The number of nitrogens with one attached hydrogen (secondary N) is 3. The lowest BCUT2D eigenvalue weighted by Gasteiger charge is -2.41. The summed E-state index contributed by atoms with van der Waals surface area (Å²) < 4.78 is 205. The number of nitrogens with zero attached hydrogens (tertiary/aromatic N) is 9. The number of carbonyl (C=O) groups excluding carboxylic acids is 3. The molecule has 4 atom stereocenters. The first-order valence-corrected chi connectivity index (χ1v) is 36.5. The molecule has 21 nitrogen and oxygen atoms in total. The van der Waals surface area contributed by atoms with E-state index in [1.807, 2.05) is 0 Å². The predicted octanol–water partition coefficient (Wildman–Crippen LogP) is 11.9. The van der Waals surface area contributed by atoms with Crippen molar-refractivity contribution in [1.29, 1.82) is 0 Å². The third-order valence-electron chi connectivity index (χ3n) is 16.9. The minimum atomic E-state index is -4.10. The van der Waals surface area contributed by atoms with Gasteiger partial charge in [0.15, 0.2) is 44.7 Å². The number of piperidine rings is 3. The number of likely N-dealkylation sites (tertiary alicyclic amines) is 3. The van der Waals surface area contributed by atoms with E-state index in [1.165, 1.54) is 83.8 Å². The van der Waals surface area contributed by atoms with Gasteiger partial charge in [0.1, 0.15) is 41.7 Å². The zero-order valence-corrected chi connectivity index (χ0v) is 61.9. The van der Waals surface area contributed by atoms with Crippen molar-refractivity contribution in [3.8, 4) is 0 Å². The SMILES string of the molecule is CCOC(=O)C1=C(CN2CC(F)(F)C(O)C(F)(F)C2)NC(c2nccs2)=NC1c1ccc(F)cc1Br.CCOC(=O)C1=C(CN2CC(F)(F)C(O)C(F)(F)C2)NC(c2nccs2)=NC1c1ccc(F)cc1Cl.CCOC(=O)C1=C(CN2CCC(OC)C(F)(F)C2)NC(c2nccs2)=NC1c1ccc(F)cc1Cl. The number of esters is 3. The molecule has 107 heavy (non-hydrogen) atoms. The van der Waals surface area contributed by atoms with Crippen LogP contribution in [0.5, 0.6) is 0 Å². The summed E-state index contributed by atoms with van der Waals surface area (Å²) >= 11 is 19.6. The van der Waals surface area contributed by atoms with Crippen LogP contribution in [0.15, 0.2) is 143 Å². The molecule has 0 radical (unpaired) electrons. The average molecular weight is 1680 g/mol. The Kier molecular flexibility index (Phi) is 26.2. The number of benzene rings is 3. The van der Waals surface area contributed by atoms with E-state index in [9.17, 15) is 81.7 Å². The van der Waals surface area contributed by atoms with Gasteiger partial charge in [-0.2, -0.15) is 0 Å². The van der Waals surface area contributed by atoms with E-state index in [0.717, 1.165) is 34.1 Å². The highest BCUT2D eigenvalue weighted by atomic mass is 79.9. The van der Waals surface area contributed by atoms with Crippen molar-refractivity contribution in [2.45, 2.75) is 93.2 Å². The Bertz CT molecular complexity index is 4210. The van der Waals surface area contributed by atoms with Crippen molar-refractivity contribution in [2.75, 3.05) is 85.8 Å². The molecule has 0 bridgehead atoms. The largest absolute Gasteiger partial charge is 0.463 e. The molecule has 4 unspecified atom stereocenters. The van der Waals surface area contributed by atoms with Crippen molar-refractivity contribution in [2.24, 2.45) is 15.0 Å². The standard InChI is InChI=1S/C23H24ClF3N4O3S.C22H20BrF5N4O3S.C22H20ClF5N4O3S/c1-3-34-22(32)18-16(11-31-8-6-17(33-2)23(26,27)12-31)29-20(21-28-7-9-35-21)30-19(18)14-5-4-13(25)10-15(14)24;2*1-2-35-19(33)15-14(8-32-9-21(25,26)20(34)22(27,28)10-32)30-17(18-29-5-6-36-18)31-16(15)12-4-3-11(24)7-13(12)23/h4-5,7,9-10,17,19H,3,6,8,11-12H2,1-2H3,(H,29,30);2*3-7,16,20,34H,2,8-10H2,1H3,(H,30,31). The van der Waals surface area contributed by atoms with E-state index in [1.54, 1.807) is 48.0 Å². The molecule has 0 amide bonds. The fraction of sp³-hybridized carbons (Fsp3) is 0.418. The number of aliphatic hydroxyl groups is 2. The number of thiazole rings is 3. The molecule has 3 aromatic carbocycles. The van der Waals surface area contributed by atoms with Crippen molar-refractivity contribution < 1.29 is 101 Å². The van der Waals surface area contributed by atoms with Crippen molar-refractivity contribution >= 4 is 109 Å². The molecule has 576 valence electrons. The van der Waals surface area contributed by atoms with E-state index in [-0.39, 0.29) is 92.7 Å². The van der Waals surface area contributed by atoms with E-state index >= 15 is 0 Å². The van der Waals surface area contributed by atoms with Gasteiger partial charge in [0.25, 0.3) is 29.6 Å². The number of halogens is 16. The van der Waals surface area contributed by atoms with Crippen molar-refractivity contribution in [3.05, 3.63) is 187 Å². The number of methoxy groups -OCH3 is 1. The summed E-state index contributed by atoms with van der Waals surface area (Å²) in [4.78, 5) is 68.6. The zero-order chi connectivity index (χ0) is 77.7. The van der Waals surface area contributed by atoms with Gasteiger partial charge in [-0.25, -0.2) is 86.4 Å². The van der Waals surface area contributed by atoms with Crippen LogP contribution in [0.3, 0.4) is 0 Å². The summed E-state index contributed by atoms with van der Waals surface area (Å²) in [7, 11) is 1.27. The molecule has 40 heteroatoms. The molecule has 0 aliphatic carbocycles. The number of hydrogen-bond donors (Lipinski definition) is 5. The normalized spacial score (nSPS) is 22.3. The Hall–Kier alpha value is -7.50. The first-order valence-electron chi connectivity index (χ1n) is 32.3. The minimum Gasteiger partial charge on any atom is -0.463 e. The number of aliphatic imine (C=N–C) groups is 3. The molecule has 0 saturated carbocycles. The topological polar surface area (TPSA) is 250 Å². The van der Waals surface area contributed by atoms with Gasteiger partial charge >= 0.3 is 17.9 Å². The maximum absolute atomic E-state index is 14.6. The van der Waals surface area contributed by atoms with E-state index in [0.29, 0.717) is 44.2 Å². The van der Waals surface area contributed by atoms with Crippen LogP contribution < -0.4 is 16.0 Å². The third kappa shape index (κ3) is 19.0. The van der Waals surface area contributed by atoms with Crippen LogP contribution >= 0.6 is 73.1 Å². The summed E-state index contributed by atoms with van der Waals surface area (Å²) in [5.74, 6) is -22.9. The lowest BCUT2D eigenvalue weighted by atomic mass is 9.94. The number of aliphatic hydroxyl groups excluding tert-OH is 2. The van der Waals surface area contributed by atoms with Gasteiger partial charge in [0.05, 0.1) is 69.3 Å². The molecular formula is C67H64BrCl2F13N12O9S3. The van der Waals surface area contributed by atoms with Crippen LogP contribution in [0.4, 0.5) is 57.1 Å². The minimum absolute atomic E-state index is 0.000118. The molecule has 5 N–H and O–H groups in total. The number of ether oxygens (including phenoxy) is 4.